The molecule has 0 spiro atoms. The largest absolute Gasteiger partial charge is 0.378 e. The zero-order chi connectivity index (χ0) is 11.8. The van der Waals surface area contributed by atoms with E-state index in [1.54, 1.807) is 0 Å². The second kappa shape index (κ2) is 7.46. The van der Waals surface area contributed by atoms with Crippen LogP contribution in [0, 0.1) is 0 Å². The Morgan fingerprint density at radius 3 is 2.82 bits per heavy atom. The molecule has 0 amide bonds. The van der Waals surface area contributed by atoms with E-state index in [1.807, 2.05) is 6.07 Å². The van der Waals surface area contributed by atoms with E-state index in [-0.39, 0.29) is 0 Å². The lowest BCUT2D eigenvalue weighted by molar-refractivity contribution is 0.0905. The molecule has 0 aromatic heterocycles. The van der Waals surface area contributed by atoms with Crippen molar-refractivity contribution in [3.63, 3.8) is 0 Å². The lowest BCUT2D eigenvalue weighted by Crippen LogP contribution is -2.05. The first kappa shape index (κ1) is 12.6. The van der Waals surface area contributed by atoms with Gasteiger partial charge in [0.1, 0.15) is 0 Å². The number of hydrogen-bond donors (Lipinski definition) is 0. The van der Waals surface area contributed by atoms with Crippen LogP contribution in [0.3, 0.4) is 0 Å². The molecule has 0 bridgehead atoms. The quantitative estimate of drug-likeness (QED) is 0.672. The van der Waals surface area contributed by atoms with Gasteiger partial charge in [0.2, 0.25) is 0 Å². The van der Waals surface area contributed by atoms with Gasteiger partial charge in [0.25, 0.3) is 0 Å². The van der Waals surface area contributed by atoms with E-state index in [9.17, 15) is 0 Å². The zero-order valence-corrected chi connectivity index (χ0v) is 10.4. The first-order chi connectivity index (χ1) is 8.45. The zero-order valence-electron chi connectivity index (χ0n) is 10.4. The van der Waals surface area contributed by atoms with Crippen LogP contribution in [0.1, 0.15) is 37.7 Å². The van der Waals surface area contributed by atoms with Crippen molar-refractivity contribution < 1.29 is 9.47 Å². The summed E-state index contributed by atoms with van der Waals surface area (Å²) in [6, 6.07) is 10.3. The third kappa shape index (κ3) is 4.88. The van der Waals surface area contributed by atoms with Crippen molar-refractivity contribution in [2.24, 2.45) is 0 Å². The van der Waals surface area contributed by atoms with Gasteiger partial charge in [0.05, 0.1) is 12.7 Å². The fourth-order valence-corrected chi connectivity index (χ4v) is 2.21. The highest BCUT2D eigenvalue weighted by molar-refractivity contribution is 5.13. The maximum Gasteiger partial charge on any atom is 0.0716 e. The van der Waals surface area contributed by atoms with Crippen LogP contribution in [0.2, 0.25) is 0 Å². The van der Waals surface area contributed by atoms with Crippen molar-refractivity contribution in [1.29, 1.82) is 0 Å². The highest BCUT2D eigenvalue weighted by atomic mass is 16.5. The Kier molecular flexibility index (Phi) is 5.53. The van der Waals surface area contributed by atoms with E-state index < -0.39 is 0 Å². The summed E-state index contributed by atoms with van der Waals surface area (Å²) in [5.74, 6) is 0. The lowest BCUT2D eigenvalue weighted by atomic mass is 10.1. The average Bonchev–Trinajstić information content (AvgIpc) is 2.88. The van der Waals surface area contributed by atoms with Gasteiger partial charge in [-0.1, -0.05) is 30.3 Å². The van der Waals surface area contributed by atoms with Gasteiger partial charge in [-0.25, -0.2) is 0 Å². The molecule has 94 valence electrons. The van der Waals surface area contributed by atoms with Crippen molar-refractivity contribution in [2.75, 3.05) is 13.2 Å². The van der Waals surface area contributed by atoms with Crippen LogP contribution in [0.15, 0.2) is 30.3 Å². The number of rotatable bonds is 7. The third-order valence-electron chi connectivity index (χ3n) is 3.20. The molecule has 1 aliphatic rings. The first-order valence-electron chi connectivity index (χ1n) is 6.68. The molecular weight excluding hydrogens is 212 g/mol. The van der Waals surface area contributed by atoms with Gasteiger partial charge in [0.15, 0.2) is 0 Å². The molecule has 1 heterocycles. The van der Waals surface area contributed by atoms with Crippen molar-refractivity contribution in [3.8, 4) is 0 Å². The molecule has 2 rings (SSSR count). The predicted octanol–water partition coefficient (Wildman–Crippen LogP) is 3.55. The lowest BCUT2D eigenvalue weighted by Gasteiger charge is -2.08. The van der Waals surface area contributed by atoms with Crippen molar-refractivity contribution >= 4 is 0 Å². The summed E-state index contributed by atoms with van der Waals surface area (Å²) in [7, 11) is 0. The molecule has 1 aromatic rings. The Morgan fingerprint density at radius 1 is 1.18 bits per heavy atom. The van der Waals surface area contributed by atoms with Crippen molar-refractivity contribution in [1.82, 2.24) is 0 Å². The summed E-state index contributed by atoms with van der Waals surface area (Å²) in [6.45, 7) is 2.57. The van der Waals surface area contributed by atoms with E-state index in [2.05, 4.69) is 24.3 Å². The minimum absolute atomic E-state index is 0.532. The third-order valence-corrected chi connectivity index (χ3v) is 3.20. The van der Waals surface area contributed by atoms with Crippen molar-refractivity contribution in [3.05, 3.63) is 35.9 Å². The van der Waals surface area contributed by atoms with Gasteiger partial charge in [-0.3, -0.25) is 0 Å². The molecular formula is C15H22O2. The molecule has 1 aliphatic heterocycles. The van der Waals surface area contributed by atoms with Gasteiger partial charge in [-0.2, -0.15) is 0 Å². The standard InChI is InChI=1S/C15H22O2/c1-2-7-14(8-3-1)13-16-11-5-4-9-15-10-6-12-17-15/h1-3,7-8,15H,4-6,9-13H2. The van der Waals surface area contributed by atoms with Gasteiger partial charge < -0.3 is 9.47 Å². The second-order valence-electron chi connectivity index (χ2n) is 4.67. The van der Waals surface area contributed by atoms with Crippen LogP contribution in [0.5, 0.6) is 0 Å². The Balaban J connectivity index is 1.46. The number of hydrogen-bond acceptors (Lipinski definition) is 2. The van der Waals surface area contributed by atoms with Crippen LogP contribution < -0.4 is 0 Å². The summed E-state index contributed by atoms with van der Waals surface area (Å²) in [4.78, 5) is 0. The SMILES string of the molecule is c1ccc(COCCCCC2CCCO2)cc1. The minimum Gasteiger partial charge on any atom is -0.378 e. The molecule has 1 aromatic carbocycles. The van der Waals surface area contributed by atoms with Crippen LogP contribution in [0.4, 0.5) is 0 Å². The monoisotopic (exact) mass is 234 g/mol. The Morgan fingerprint density at radius 2 is 2.06 bits per heavy atom. The van der Waals surface area contributed by atoms with Gasteiger partial charge in [0, 0.05) is 13.2 Å². The maximum atomic E-state index is 5.64. The summed E-state index contributed by atoms with van der Waals surface area (Å²) in [5, 5.41) is 0. The van der Waals surface area contributed by atoms with Crippen LogP contribution >= 0.6 is 0 Å². The van der Waals surface area contributed by atoms with Gasteiger partial charge in [-0.15, -0.1) is 0 Å². The number of ether oxygens (including phenoxy) is 2. The Hall–Kier alpha value is -0.860. The van der Waals surface area contributed by atoms with E-state index >= 15 is 0 Å². The van der Waals surface area contributed by atoms with Gasteiger partial charge >= 0.3 is 0 Å². The van der Waals surface area contributed by atoms with Crippen LogP contribution in [-0.2, 0) is 16.1 Å². The second-order valence-corrected chi connectivity index (χ2v) is 4.67. The Labute approximate surface area is 104 Å². The van der Waals surface area contributed by atoms with E-state index in [4.69, 9.17) is 9.47 Å². The smallest absolute Gasteiger partial charge is 0.0716 e. The van der Waals surface area contributed by atoms with Gasteiger partial charge in [-0.05, 0) is 37.7 Å². The first-order valence-corrected chi connectivity index (χ1v) is 6.68. The van der Waals surface area contributed by atoms with Crippen molar-refractivity contribution in [2.45, 2.75) is 44.8 Å². The molecule has 0 aliphatic carbocycles. The molecule has 1 atom stereocenters. The molecule has 17 heavy (non-hydrogen) atoms. The predicted molar refractivity (Wildman–Crippen MR) is 68.9 cm³/mol. The molecule has 1 fully saturated rings. The summed E-state index contributed by atoms with van der Waals surface area (Å²) < 4.78 is 11.2. The molecule has 2 nitrogen and oxygen atoms in total. The summed E-state index contributed by atoms with van der Waals surface area (Å²) in [5.41, 5.74) is 1.26. The maximum absolute atomic E-state index is 5.64. The Bertz CT molecular complexity index is 291. The summed E-state index contributed by atoms with van der Waals surface area (Å²) in [6.07, 6.45) is 6.60. The fourth-order valence-electron chi connectivity index (χ4n) is 2.21. The molecule has 1 saturated heterocycles. The number of unbranched alkanes of at least 4 members (excludes halogenated alkanes) is 1. The van der Waals surface area contributed by atoms with Crippen LogP contribution in [-0.4, -0.2) is 19.3 Å². The van der Waals surface area contributed by atoms with E-state index in [1.165, 1.54) is 31.2 Å². The fraction of sp³-hybridized carbons (Fsp3) is 0.600. The normalized spacial score (nSPS) is 19.6. The highest BCUT2D eigenvalue weighted by Crippen LogP contribution is 2.17. The van der Waals surface area contributed by atoms with E-state index in [0.29, 0.717) is 6.10 Å². The van der Waals surface area contributed by atoms with Crippen LogP contribution in [0.25, 0.3) is 0 Å². The summed E-state index contributed by atoms with van der Waals surface area (Å²) >= 11 is 0. The highest BCUT2D eigenvalue weighted by Gasteiger charge is 2.14. The molecule has 2 heteroatoms. The minimum atomic E-state index is 0.532. The average molecular weight is 234 g/mol. The molecule has 0 saturated carbocycles. The molecule has 0 N–H and O–H groups in total. The molecule has 1 unspecified atom stereocenters. The number of benzene rings is 1. The van der Waals surface area contributed by atoms with E-state index in [0.717, 1.165) is 26.2 Å². The molecule has 0 radical (unpaired) electrons. The topological polar surface area (TPSA) is 18.5 Å².